The fraction of sp³-hybridized carbons (Fsp3) is 0.444. The van der Waals surface area contributed by atoms with Gasteiger partial charge in [-0.25, -0.2) is 0 Å². The van der Waals surface area contributed by atoms with Crippen LogP contribution in [0.15, 0.2) is 34.7 Å². The Hall–Kier alpha value is -2.10. The van der Waals surface area contributed by atoms with Crippen molar-refractivity contribution in [3.05, 3.63) is 36.2 Å². The van der Waals surface area contributed by atoms with E-state index in [-0.39, 0.29) is 0 Å². The highest BCUT2D eigenvalue weighted by Gasteiger charge is 2.15. The van der Waals surface area contributed by atoms with Gasteiger partial charge in [0.25, 0.3) is 5.89 Å². The van der Waals surface area contributed by atoms with Crippen LogP contribution in [0.4, 0.5) is 0 Å². The number of fused-ring (bicyclic) bond motifs is 1. The zero-order valence-electron chi connectivity index (χ0n) is 13.4. The Morgan fingerprint density at radius 1 is 1.05 bits per heavy atom. The Morgan fingerprint density at radius 3 is 2.68 bits per heavy atom. The highest BCUT2D eigenvalue weighted by molar-refractivity contribution is 5.85. The summed E-state index contributed by atoms with van der Waals surface area (Å²) in [4.78, 5) is 0. The molecule has 0 aliphatic heterocycles. The lowest BCUT2D eigenvalue weighted by Gasteiger charge is -2.07. The van der Waals surface area contributed by atoms with Crippen molar-refractivity contribution in [2.45, 2.75) is 52.5 Å². The van der Waals surface area contributed by atoms with Crippen LogP contribution in [0.3, 0.4) is 0 Å². The second-order valence-electron chi connectivity index (χ2n) is 5.70. The molecule has 22 heavy (non-hydrogen) atoms. The van der Waals surface area contributed by atoms with E-state index in [1.807, 2.05) is 0 Å². The van der Waals surface area contributed by atoms with Crippen LogP contribution in [0.2, 0.25) is 0 Å². The summed E-state index contributed by atoms with van der Waals surface area (Å²) in [7, 11) is 0. The molecule has 2 heterocycles. The third-order valence-corrected chi connectivity index (χ3v) is 3.98. The molecule has 4 nitrogen and oxygen atoms in total. The number of rotatable bonds is 7. The summed E-state index contributed by atoms with van der Waals surface area (Å²) >= 11 is 0. The molecule has 0 fully saturated rings. The van der Waals surface area contributed by atoms with E-state index in [4.69, 9.17) is 4.42 Å². The summed E-state index contributed by atoms with van der Waals surface area (Å²) in [5.41, 5.74) is 2.27. The minimum absolute atomic E-state index is 0.637. The number of benzene rings is 1. The van der Waals surface area contributed by atoms with Crippen LogP contribution in [0.5, 0.6) is 0 Å². The summed E-state index contributed by atoms with van der Waals surface area (Å²) in [5, 5.41) is 9.68. The van der Waals surface area contributed by atoms with Gasteiger partial charge in [-0.2, -0.15) is 0 Å². The van der Waals surface area contributed by atoms with Crippen molar-refractivity contribution in [2.24, 2.45) is 0 Å². The van der Waals surface area contributed by atoms with Crippen molar-refractivity contribution < 1.29 is 4.42 Å². The molecule has 0 N–H and O–H groups in total. The molecule has 0 amide bonds. The van der Waals surface area contributed by atoms with Gasteiger partial charge in [-0.05, 0) is 25.0 Å². The molecule has 2 aromatic heterocycles. The number of aromatic nitrogens is 3. The number of hydrogen-bond donors (Lipinski definition) is 0. The fourth-order valence-electron chi connectivity index (χ4n) is 2.73. The normalized spacial score (nSPS) is 11.4. The zero-order valence-corrected chi connectivity index (χ0v) is 13.4. The van der Waals surface area contributed by atoms with Crippen LogP contribution in [-0.2, 0) is 13.0 Å². The quantitative estimate of drug-likeness (QED) is 0.627. The lowest BCUT2D eigenvalue weighted by molar-refractivity contribution is 0.491. The molecule has 3 rings (SSSR count). The molecule has 0 unspecified atom stereocenters. The van der Waals surface area contributed by atoms with Crippen LogP contribution in [0, 0.1) is 0 Å². The largest absolute Gasteiger partial charge is 0.419 e. The molecule has 0 spiro atoms. The third-order valence-electron chi connectivity index (χ3n) is 3.98. The first-order chi connectivity index (χ1) is 10.8. The number of aryl methyl sites for hydroxylation is 2. The second-order valence-corrected chi connectivity index (χ2v) is 5.70. The van der Waals surface area contributed by atoms with Gasteiger partial charge in [-0.1, -0.05) is 44.9 Å². The first-order valence-electron chi connectivity index (χ1n) is 8.24. The second kappa shape index (κ2) is 6.77. The standard InChI is InChI=1S/C18H23N3O/c1-3-5-11-17-19-20-18(22-17)16-13-14-9-7-8-10-15(14)21(16)12-6-4-2/h7-10,13H,3-6,11-12H2,1-2H3. The van der Waals surface area contributed by atoms with Gasteiger partial charge in [0.1, 0.15) is 5.69 Å². The number of nitrogens with zero attached hydrogens (tertiary/aromatic N) is 3. The summed E-state index contributed by atoms with van der Waals surface area (Å²) < 4.78 is 8.18. The van der Waals surface area contributed by atoms with Gasteiger partial charge in [0.15, 0.2) is 0 Å². The minimum Gasteiger partial charge on any atom is -0.419 e. The fourth-order valence-corrected chi connectivity index (χ4v) is 2.73. The molecule has 1 aromatic carbocycles. The molecular weight excluding hydrogens is 274 g/mol. The first kappa shape index (κ1) is 14.8. The van der Waals surface area contributed by atoms with Crippen molar-refractivity contribution in [1.29, 1.82) is 0 Å². The zero-order chi connectivity index (χ0) is 15.4. The van der Waals surface area contributed by atoms with Crippen molar-refractivity contribution in [3.8, 4) is 11.6 Å². The lowest BCUT2D eigenvalue weighted by Crippen LogP contribution is -1.99. The summed E-state index contributed by atoms with van der Waals surface area (Å²) in [6.45, 7) is 5.35. The van der Waals surface area contributed by atoms with Crippen molar-refractivity contribution in [2.75, 3.05) is 0 Å². The molecule has 4 heteroatoms. The van der Waals surface area contributed by atoms with E-state index >= 15 is 0 Å². The summed E-state index contributed by atoms with van der Waals surface area (Å²) in [6.07, 6.45) is 5.38. The van der Waals surface area contributed by atoms with E-state index in [0.29, 0.717) is 5.89 Å². The summed E-state index contributed by atoms with van der Waals surface area (Å²) in [5.74, 6) is 1.38. The molecule has 0 aliphatic carbocycles. The van der Waals surface area contributed by atoms with Gasteiger partial charge >= 0.3 is 0 Å². The Bertz CT molecular complexity index is 742. The van der Waals surface area contributed by atoms with E-state index in [9.17, 15) is 0 Å². The predicted molar refractivity (Wildman–Crippen MR) is 88.8 cm³/mol. The van der Waals surface area contributed by atoms with Gasteiger partial charge < -0.3 is 8.98 Å². The van der Waals surface area contributed by atoms with E-state index in [1.54, 1.807) is 0 Å². The number of unbranched alkanes of at least 4 members (excludes halogenated alkanes) is 2. The predicted octanol–water partition coefficient (Wildman–Crippen LogP) is 4.83. The maximum absolute atomic E-state index is 5.88. The van der Waals surface area contributed by atoms with E-state index in [0.717, 1.165) is 50.2 Å². The van der Waals surface area contributed by atoms with Crippen molar-refractivity contribution >= 4 is 10.9 Å². The Labute approximate surface area is 131 Å². The van der Waals surface area contributed by atoms with Crippen LogP contribution in [-0.4, -0.2) is 14.8 Å². The average molecular weight is 297 g/mol. The van der Waals surface area contributed by atoms with Crippen molar-refractivity contribution in [3.63, 3.8) is 0 Å². The SMILES string of the molecule is CCCCc1nnc(-c2cc3ccccc3n2CCCC)o1. The van der Waals surface area contributed by atoms with Gasteiger partial charge in [0.2, 0.25) is 5.89 Å². The van der Waals surface area contributed by atoms with E-state index in [2.05, 4.69) is 58.9 Å². The monoisotopic (exact) mass is 297 g/mol. The molecule has 0 saturated carbocycles. The average Bonchev–Trinajstić information content (AvgIpc) is 3.15. The van der Waals surface area contributed by atoms with Gasteiger partial charge in [-0.15, -0.1) is 10.2 Å². The molecule has 0 radical (unpaired) electrons. The highest BCUT2D eigenvalue weighted by Crippen LogP contribution is 2.28. The van der Waals surface area contributed by atoms with Crippen molar-refractivity contribution in [1.82, 2.24) is 14.8 Å². The van der Waals surface area contributed by atoms with Crippen LogP contribution in [0.25, 0.3) is 22.5 Å². The van der Waals surface area contributed by atoms with Gasteiger partial charge in [0.05, 0.1) is 0 Å². The minimum atomic E-state index is 0.637. The third kappa shape index (κ3) is 2.91. The first-order valence-corrected chi connectivity index (χ1v) is 8.24. The van der Waals surface area contributed by atoms with Gasteiger partial charge in [-0.3, -0.25) is 0 Å². The Morgan fingerprint density at radius 2 is 1.86 bits per heavy atom. The van der Waals surface area contributed by atoms with Gasteiger partial charge in [0, 0.05) is 23.9 Å². The van der Waals surface area contributed by atoms with E-state index in [1.165, 1.54) is 10.9 Å². The van der Waals surface area contributed by atoms with Crippen LogP contribution >= 0.6 is 0 Å². The lowest BCUT2D eigenvalue weighted by atomic mass is 10.2. The number of para-hydroxylation sites is 1. The van der Waals surface area contributed by atoms with Crippen LogP contribution < -0.4 is 0 Å². The smallest absolute Gasteiger partial charge is 0.264 e. The summed E-state index contributed by atoms with van der Waals surface area (Å²) in [6, 6.07) is 10.6. The molecule has 0 atom stereocenters. The van der Waals surface area contributed by atoms with Crippen LogP contribution in [0.1, 0.15) is 45.4 Å². The van der Waals surface area contributed by atoms with E-state index < -0.39 is 0 Å². The topological polar surface area (TPSA) is 43.9 Å². The molecule has 0 saturated heterocycles. The molecule has 0 bridgehead atoms. The maximum atomic E-state index is 5.88. The molecule has 3 aromatic rings. The Kier molecular flexibility index (Phi) is 4.56. The highest BCUT2D eigenvalue weighted by atomic mass is 16.4. The number of hydrogen-bond acceptors (Lipinski definition) is 3. The molecule has 0 aliphatic rings. The molecule has 116 valence electrons. The maximum Gasteiger partial charge on any atom is 0.264 e. The molecular formula is C18H23N3O. The Balaban J connectivity index is 1.99.